The summed E-state index contributed by atoms with van der Waals surface area (Å²) in [7, 11) is 0. The Morgan fingerprint density at radius 2 is 2.62 bits per heavy atom. The quantitative estimate of drug-likeness (QED) is 0.634. The minimum Gasteiger partial charge on any atom is -0.311 e. The van der Waals surface area contributed by atoms with E-state index >= 15 is 0 Å². The monoisotopic (exact) mass is 243 g/mol. The van der Waals surface area contributed by atoms with E-state index in [0.717, 1.165) is 17.6 Å². The summed E-state index contributed by atoms with van der Waals surface area (Å²) in [5.41, 5.74) is 0. The van der Waals surface area contributed by atoms with Crippen LogP contribution in [0, 0.1) is 0 Å². The van der Waals surface area contributed by atoms with Crippen LogP contribution in [-0.4, -0.2) is 22.9 Å². The molecule has 0 aliphatic rings. The third kappa shape index (κ3) is 3.32. The molecule has 1 aromatic rings. The topological polar surface area (TPSA) is 29.9 Å². The molecule has 72 valence electrons. The minimum atomic E-state index is 0.367. The fourth-order valence-corrected chi connectivity index (χ4v) is 1.35. The fraction of sp³-hybridized carbons (Fsp3) is 0.444. The van der Waals surface area contributed by atoms with E-state index < -0.39 is 0 Å². The molecule has 0 radical (unpaired) electrons. The van der Waals surface area contributed by atoms with E-state index in [0.29, 0.717) is 6.04 Å². The number of halogens is 1. The van der Waals surface area contributed by atoms with Gasteiger partial charge in [0.25, 0.3) is 0 Å². The zero-order valence-corrected chi connectivity index (χ0v) is 9.29. The van der Waals surface area contributed by atoms with Crippen molar-refractivity contribution in [3.63, 3.8) is 0 Å². The molecule has 1 rings (SSSR count). The highest BCUT2D eigenvalue weighted by molar-refractivity contribution is 9.10. The second kappa shape index (κ2) is 5.19. The van der Waals surface area contributed by atoms with Crippen LogP contribution < -0.4 is 5.32 Å². The first-order valence-corrected chi connectivity index (χ1v) is 5.04. The zero-order valence-electron chi connectivity index (χ0n) is 7.70. The molecule has 1 aromatic heterocycles. The summed E-state index contributed by atoms with van der Waals surface area (Å²) in [6, 6.07) is 0.367. The average molecular weight is 244 g/mol. The minimum absolute atomic E-state index is 0.367. The summed E-state index contributed by atoms with van der Waals surface area (Å²) in [4.78, 5) is 0. The summed E-state index contributed by atoms with van der Waals surface area (Å²) in [6.45, 7) is 7.51. The van der Waals surface area contributed by atoms with Crippen LogP contribution >= 0.6 is 15.9 Å². The van der Waals surface area contributed by atoms with Crippen molar-refractivity contribution in [2.24, 2.45) is 0 Å². The molecule has 1 unspecified atom stereocenters. The molecule has 3 nitrogen and oxygen atoms in total. The number of aromatic nitrogens is 2. The lowest BCUT2D eigenvalue weighted by molar-refractivity contribution is 0.464. The van der Waals surface area contributed by atoms with Crippen molar-refractivity contribution in [2.75, 3.05) is 13.1 Å². The molecular weight excluding hydrogens is 230 g/mol. The van der Waals surface area contributed by atoms with Crippen molar-refractivity contribution in [1.29, 1.82) is 0 Å². The lowest BCUT2D eigenvalue weighted by atomic mass is 10.3. The molecular formula is C9H14BrN3. The first-order valence-electron chi connectivity index (χ1n) is 4.25. The first kappa shape index (κ1) is 10.5. The van der Waals surface area contributed by atoms with Gasteiger partial charge in [-0.25, -0.2) is 0 Å². The van der Waals surface area contributed by atoms with Gasteiger partial charge in [-0.1, -0.05) is 6.08 Å². The summed E-state index contributed by atoms with van der Waals surface area (Å²) in [6.07, 6.45) is 5.62. The van der Waals surface area contributed by atoms with Gasteiger partial charge in [0.1, 0.15) is 0 Å². The van der Waals surface area contributed by atoms with Gasteiger partial charge in [-0.3, -0.25) is 4.68 Å². The molecule has 0 aliphatic heterocycles. The molecule has 1 heterocycles. The Morgan fingerprint density at radius 1 is 1.85 bits per heavy atom. The number of nitrogens with zero attached hydrogens (tertiary/aromatic N) is 2. The molecule has 13 heavy (non-hydrogen) atoms. The van der Waals surface area contributed by atoms with Crippen molar-refractivity contribution in [2.45, 2.75) is 13.0 Å². The molecule has 0 bridgehead atoms. The van der Waals surface area contributed by atoms with Crippen molar-refractivity contribution < 1.29 is 0 Å². The Labute approximate surface area is 87.0 Å². The zero-order chi connectivity index (χ0) is 9.68. The van der Waals surface area contributed by atoms with E-state index in [1.165, 1.54) is 0 Å². The molecule has 1 atom stereocenters. The Hall–Kier alpha value is -0.610. The maximum Gasteiger partial charge on any atom is 0.0632 e. The highest BCUT2D eigenvalue weighted by Crippen LogP contribution is 2.10. The van der Waals surface area contributed by atoms with Crippen molar-refractivity contribution in [3.8, 4) is 0 Å². The Balaban J connectivity index is 2.39. The number of rotatable bonds is 5. The summed E-state index contributed by atoms with van der Waals surface area (Å²) in [5.74, 6) is 0. The highest BCUT2D eigenvalue weighted by atomic mass is 79.9. The first-order chi connectivity index (χ1) is 6.24. The molecule has 1 N–H and O–H groups in total. The average Bonchev–Trinajstić information content (AvgIpc) is 2.52. The third-order valence-corrected chi connectivity index (χ3v) is 2.16. The third-order valence-electron chi connectivity index (χ3n) is 1.75. The van der Waals surface area contributed by atoms with Crippen molar-refractivity contribution in [1.82, 2.24) is 15.1 Å². The molecule has 0 spiro atoms. The van der Waals surface area contributed by atoms with Crippen LogP contribution in [0.25, 0.3) is 0 Å². The van der Waals surface area contributed by atoms with Gasteiger partial charge in [-0.15, -0.1) is 6.58 Å². The molecule has 4 heteroatoms. The van der Waals surface area contributed by atoms with Crippen LogP contribution in [-0.2, 0) is 0 Å². The molecule has 0 saturated carbocycles. The molecule has 0 saturated heterocycles. The Morgan fingerprint density at radius 3 is 3.15 bits per heavy atom. The van der Waals surface area contributed by atoms with Gasteiger partial charge in [0.15, 0.2) is 0 Å². The van der Waals surface area contributed by atoms with Crippen molar-refractivity contribution in [3.05, 3.63) is 29.5 Å². The van der Waals surface area contributed by atoms with E-state index in [9.17, 15) is 0 Å². The lowest BCUT2D eigenvalue weighted by Gasteiger charge is -2.11. The summed E-state index contributed by atoms with van der Waals surface area (Å²) < 4.78 is 2.95. The summed E-state index contributed by atoms with van der Waals surface area (Å²) >= 11 is 3.36. The predicted molar refractivity (Wildman–Crippen MR) is 57.7 cm³/mol. The van der Waals surface area contributed by atoms with E-state index in [1.807, 2.05) is 17.0 Å². The van der Waals surface area contributed by atoms with Gasteiger partial charge in [-0.05, 0) is 22.9 Å². The van der Waals surface area contributed by atoms with Crippen LogP contribution in [0.2, 0.25) is 0 Å². The van der Waals surface area contributed by atoms with Crippen LogP contribution in [0.15, 0.2) is 29.5 Å². The molecule has 0 fully saturated rings. The molecule has 0 aliphatic carbocycles. The van der Waals surface area contributed by atoms with Crippen LogP contribution in [0.4, 0.5) is 0 Å². The SMILES string of the molecule is C=CCNCC(C)n1cc(Br)cn1. The lowest BCUT2D eigenvalue weighted by Crippen LogP contribution is -2.23. The van der Waals surface area contributed by atoms with Gasteiger partial charge < -0.3 is 5.32 Å². The van der Waals surface area contributed by atoms with Crippen molar-refractivity contribution >= 4 is 15.9 Å². The van der Waals surface area contributed by atoms with E-state index in [-0.39, 0.29) is 0 Å². The van der Waals surface area contributed by atoms with E-state index in [1.54, 1.807) is 6.20 Å². The van der Waals surface area contributed by atoms with E-state index in [4.69, 9.17) is 0 Å². The maximum absolute atomic E-state index is 4.20. The van der Waals surface area contributed by atoms with Gasteiger partial charge in [0.2, 0.25) is 0 Å². The Kier molecular flexibility index (Phi) is 4.18. The number of nitrogens with one attached hydrogen (secondary N) is 1. The van der Waals surface area contributed by atoms with Gasteiger partial charge in [0, 0.05) is 19.3 Å². The smallest absolute Gasteiger partial charge is 0.0632 e. The van der Waals surface area contributed by atoms with Crippen LogP contribution in [0.5, 0.6) is 0 Å². The normalized spacial score (nSPS) is 12.8. The van der Waals surface area contributed by atoms with Gasteiger partial charge in [-0.2, -0.15) is 5.10 Å². The van der Waals surface area contributed by atoms with Gasteiger partial charge in [0.05, 0.1) is 16.7 Å². The number of hydrogen-bond donors (Lipinski definition) is 1. The second-order valence-electron chi connectivity index (χ2n) is 2.93. The Bertz CT molecular complexity index is 270. The maximum atomic E-state index is 4.20. The van der Waals surface area contributed by atoms with Crippen LogP contribution in [0.3, 0.4) is 0 Å². The molecule has 0 amide bonds. The second-order valence-corrected chi connectivity index (χ2v) is 3.85. The number of hydrogen-bond acceptors (Lipinski definition) is 2. The summed E-state index contributed by atoms with van der Waals surface area (Å²) in [5, 5.41) is 7.45. The highest BCUT2D eigenvalue weighted by Gasteiger charge is 2.03. The predicted octanol–water partition coefficient (Wildman–Crippen LogP) is 1.98. The van der Waals surface area contributed by atoms with Crippen LogP contribution in [0.1, 0.15) is 13.0 Å². The standard InChI is InChI=1S/C9H14BrN3/c1-3-4-11-5-8(2)13-7-9(10)6-12-13/h3,6-8,11H,1,4-5H2,2H3. The van der Waals surface area contributed by atoms with Gasteiger partial charge >= 0.3 is 0 Å². The fourth-order valence-electron chi connectivity index (χ4n) is 1.04. The molecule has 0 aromatic carbocycles. The van der Waals surface area contributed by atoms with E-state index in [2.05, 4.69) is 39.8 Å². The largest absolute Gasteiger partial charge is 0.311 e.